The minimum absolute atomic E-state index is 0.241. The molecule has 242 valence electrons. The lowest BCUT2D eigenvalue weighted by molar-refractivity contribution is -0.148. The average Bonchev–Trinajstić information content (AvgIpc) is 3.11. The second-order valence-corrected chi connectivity index (χ2v) is 10.5. The van der Waals surface area contributed by atoms with Crippen LogP contribution < -0.4 is 18.9 Å². The van der Waals surface area contributed by atoms with Crippen LogP contribution >= 0.6 is 0 Å². The lowest BCUT2D eigenvalue weighted by Crippen LogP contribution is -2.39. The predicted octanol–water partition coefficient (Wildman–Crippen LogP) is 6.69. The van der Waals surface area contributed by atoms with E-state index in [0.29, 0.717) is 56.4 Å². The number of nitrogens with zero attached hydrogens (tertiary/aromatic N) is 2. The number of allylic oxidation sites excluding steroid dienone is 2. The van der Waals surface area contributed by atoms with Crippen molar-refractivity contribution < 1.29 is 38.7 Å². The SMILES string of the molecule is COc1ccc(/C(C#N)=C/c2ccc(C(CC(=O)O)(C(=O)O)c3ccc(/C=C(\C#N)c4ccc(OC)c(OC)c4)cc3)cc2)cc1OC. The van der Waals surface area contributed by atoms with Crippen LogP contribution in [-0.4, -0.2) is 50.6 Å². The number of carboxylic acid groups (broad SMARTS) is 2. The van der Waals surface area contributed by atoms with E-state index in [1.807, 2.05) is 0 Å². The largest absolute Gasteiger partial charge is 0.493 e. The Labute approximate surface area is 277 Å². The van der Waals surface area contributed by atoms with Gasteiger partial charge < -0.3 is 29.2 Å². The van der Waals surface area contributed by atoms with Gasteiger partial charge in [0, 0.05) is 0 Å². The summed E-state index contributed by atoms with van der Waals surface area (Å²) in [6.07, 6.45) is 2.55. The van der Waals surface area contributed by atoms with E-state index in [1.165, 1.54) is 28.4 Å². The zero-order valence-corrected chi connectivity index (χ0v) is 26.7. The van der Waals surface area contributed by atoms with E-state index >= 15 is 0 Å². The Morgan fingerprint density at radius 2 is 1.00 bits per heavy atom. The molecule has 0 saturated heterocycles. The summed E-state index contributed by atoms with van der Waals surface area (Å²) < 4.78 is 21.2. The fourth-order valence-corrected chi connectivity index (χ4v) is 5.35. The van der Waals surface area contributed by atoms with Gasteiger partial charge >= 0.3 is 11.9 Å². The number of hydrogen-bond acceptors (Lipinski definition) is 8. The van der Waals surface area contributed by atoms with Crippen molar-refractivity contribution in [1.29, 1.82) is 10.5 Å². The van der Waals surface area contributed by atoms with Gasteiger partial charge in [-0.15, -0.1) is 0 Å². The minimum Gasteiger partial charge on any atom is -0.493 e. The van der Waals surface area contributed by atoms with Crippen LogP contribution in [0.25, 0.3) is 23.3 Å². The molecule has 0 aromatic heterocycles. The van der Waals surface area contributed by atoms with Gasteiger partial charge in [0.2, 0.25) is 0 Å². The third kappa shape index (κ3) is 7.14. The first-order chi connectivity index (χ1) is 23.1. The zero-order chi connectivity index (χ0) is 34.8. The molecule has 10 heteroatoms. The number of rotatable bonds is 13. The Balaban J connectivity index is 1.72. The van der Waals surface area contributed by atoms with Gasteiger partial charge in [-0.05, 0) is 81.9 Å². The van der Waals surface area contributed by atoms with Crippen LogP contribution in [0.15, 0.2) is 84.9 Å². The maximum absolute atomic E-state index is 13.0. The highest BCUT2D eigenvalue weighted by molar-refractivity contribution is 5.93. The number of benzene rings is 4. The number of carbonyl (C=O) groups is 2. The monoisotopic (exact) mass is 644 g/mol. The highest BCUT2D eigenvalue weighted by Crippen LogP contribution is 2.38. The Kier molecular flexibility index (Phi) is 10.9. The van der Waals surface area contributed by atoms with E-state index in [9.17, 15) is 30.3 Å². The lowest BCUT2D eigenvalue weighted by Gasteiger charge is -2.29. The molecule has 4 rings (SSSR count). The first kappa shape index (κ1) is 34.4. The molecule has 48 heavy (non-hydrogen) atoms. The molecular formula is C38H32N2O8. The summed E-state index contributed by atoms with van der Waals surface area (Å²) in [7, 11) is 6.02. The fraction of sp³-hybridized carbons (Fsp3) is 0.158. The smallest absolute Gasteiger partial charge is 0.319 e. The average molecular weight is 645 g/mol. The molecule has 0 fully saturated rings. The first-order valence-corrected chi connectivity index (χ1v) is 14.5. The predicted molar refractivity (Wildman–Crippen MR) is 180 cm³/mol. The van der Waals surface area contributed by atoms with Crippen LogP contribution in [0.2, 0.25) is 0 Å². The van der Waals surface area contributed by atoms with Gasteiger partial charge in [0.1, 0.15) is 5.41 Å². The van der Waals surface area contributed by atoms with Crippen LogP contribution in [0.4, 0.5) is 0 Å². The number of hydrogen-bond donors (Lipinski definition) is 2. The van der Waals surface area contributed by atoms with Crippen molar-refractivity contribution in [2.45, 2.75) is 11.8 Å². The Morgan fingerprint density at radius 1 is 0.625 bits per heavy atom. The molecule has 4 aromatic rings. The molecule has 0 aliphatic carbocycles. The Bertz CT molecular complexity index is 1840. The maximum Gasteiger partial charge on any atom is 0.319 e. The molecule has 0 saturated carbocycles. The van der Waals surface area contributed by atoms with Crippen LogP contribution in [0.1, 0.15) is 39.8 Å². The van der Waals surface area contributed by atoms with E-state index < -0.39 is 23.8 Å². The Hall–Kier alpha value is -6.52. The van der Waals surface area contributed by atoms with Gasteiger partial charge in [-0.1, -0.05) is 48.5 Å². The lowest BCUT2D eigenvalue weighted by atomic mass is 9.71. The number of nitriles is 2. The van der Waals surface area contributed by atoms with E-state index in [1.54, 1.807) is 97.1 Å². The topological polar surface area (TPSA) is 159 Å². The van der Waals surface area contributed by atoms with Crippen LogP contribution in [0.5, 0.6) is 23.0 Å². The third-order valence-corrected chi connectivity index (χ3v) is 7.84. The van der Waals surface area contributed by atoms with Crippen molar-refractivity contribution in [2.24, 2.45) is 0 Å². The molecule has 0 heterocycles. The second-order valence-electron chi connectivity index (χ2n) is 10.5. The van der Waals surface area contributed by atoms with Gasteiger partial charge in [-0.3, -0.25) is 9.59 Å². The second kappa shape index (κ2) is 15.2. The maximum atomic E-state index is 13.0. The van der Waals surface area contributed by atoms with Gasteiger partial charge in [0.25, 0.3) is 0 Å². The molecule has 4 aromatic carbocycles. The van der Waals surface area contributed by atoms with Crippen molar-refractivity contribution in [1.82, 2.24) is 0 Å². The minimum atomic E-state index is -1.93. The summed E-state index contributed by atoms with van der Waals surface area (Å²) in [6, 6.07) is 27.2. The van der Waals surface area contributed by atoms with Crippen molar-refractivity contribution in [3.63, 3.8) is 0 Å². The van der Waals surface area contributed by atoms with E-state index in [-0.39, 0.29) is 11.1 Å². The standard InChI is InChI=1S/C38H32N2O8/c1-45-32-15-9-26(19-34(32)47-3)28(22-39)17-24-5-11-30(12-6-24)38(37(43)44,21-36(41)42)31-13-7-25(8-14-31)18-29(23-40)27-10-16-33(46-2)35(20-27)48-4/h5-20H,21H2,1-4H3,(H,41,42)(H,43,44)/b28-17+,29-18+. The summed E-state index contributed by atoms with van der Waals surface area (Å²) in [5, 5.41) is 40.1. The molecule has 0 bridgehead atoms. The van der Waals surface area contributed by atoms with Crippen molar-refractivity contribution in [3.05, 3.63) is 118 Å². The normalized spacial score (nSPS) is 12.5. The zero-order valence-electron chi connectivity index (χ0n) is 26.7. The summed E-state index contributed by atoms with van der Waals surface area (Å²) in [5.74, 6) is -0.707. The summed E-state index contributed by atoms with van der Waals surface area (Å²) >= 11 is 0. The quantitative estimate of drug-likeness (QED) is 0.119. The number of aliphatic carboxylic acids is 2. The molecule has 10 nitrogen and oxygen atoms in total. The molecular weight excluding hydrogens is 612 g/mol. The third-order valence-electron chi connectivity index (χ3n) is 7.84. The Morgan fingerprint density at radius 3 is 1.29 bits per heavy atom. The van der Waals surface area contributed by atoms with Crippen LogP contribution in [-0.2, 0) is 15.0 Å². The van der Waals surface area contributed by atoms with Crippen LogP contribution in [0, 0.1) is 22.7 Å². The molecule has 0 aliphatic heterocycles. The summed E-state index contributed by atoms with van der Waals surface area (Å²) in [4.78, 5) is 25.0. The van der Waals surface area contributed by atoms with Crippen molar-refractivity contribution in [2.75, 3.05) is 28.4 Å². The van der Waals surface area contributed by atoms with Crippen molar-refractivity contribution >= 4 is 35.2 Å². The summed E-state index contributed by atoms with van der Waals surface area (Å²) in [5.41, 5.74) is 1.57. The van der Waals surface area contributed by atoms with E-state index in [2.05, 4.69) is 12.1 Å². The number of carboxylic acids is 2. The molecule has 2 N–H and O–H groups in total. The first-order valence-electron chi connectivity index (χ1n) is 14.5. The molecule has 0 amide bonds. The molecule has 0 atom stereocenters. The van der Waals surface area contributed by atoms with Gasteiger partial charge in [0.05, 0.1) is 58.1 Å². The molecule has 0 aliphatic rings. The van der Waals surface area contributed by atoms with Gasteiger partial charge in [0.15, 0.2) is 23.0 Å². The van der Waals surface area contributed by atoms with Gasteiger partial charge in [-0.2, -0.15) is 10.5 Å². The number of methoxy groups -OCH3 is 4. The fourth-order valence-electron chi connectivity index (χ4n) is 5.35. The highest BCUT2D eigenvalue weighted by Gasteiger charge is 2.44. The van der Waals surface area contributed by atoms with Crippen LogP contribution in [0.3, 0.4) is 0 Å². The van der Waals surface area contributed by atoms with Crippen molar-refractivity contribution in [3.8, 4) is 35.1 Å². The number of ether oxygens (including phenoxy) is 4. The summed E-state index contributed by atoms with van der Waals surface area (Å²) in [6.45, 7) is 0. The van der Waals surface area contributed by atoms with E-state index in [0.717, 1.165) is 0 Å². The van der Waals surface area contributed by atoms with E-state index in [4.69, 9.17) is 18.9 Å². The molecule has 0 unspecified atom stereocenters. The van der Waals surface area contributed by atoms with Gasteiger partial charge in [-0.25, -0.2) is 0 Å². The molecule has 0 radical (unpaired) electrons. The highest BCUT2D eigenvalue weighted by atomic mass is 16.5. The molecule has 0 spiro atoms.